The van der Waals surface area contributed by atoms with Crippen LogP contribution in [0.25, 0.3) is 11.1 Å². The van der Waals surface area contributed by atoms with Gasteiger partial charge in [0.15, 0.2) is 0 Å². The molecule has 1 aliphatic rings. The summed E-state index contributed by atoms with van der Waals surface area (Å²) in [4.78, 5) is 3.25. The predicted molar refractivity (Wildman–Crippen MR) is 112 cm³/mol. The number of ether oxygens (including phenoxy) is 2. The zero-order valence-corrected chi connectivity index (χ0v) is 16.5. The van der Waals surface area contributed by atoms with Crippen molar-refractivity contribution < 1.29 is 14.5 Å². The van der Waals surface area contributed by atoms with E-state index in [9.17, 15) is 5.26 Å². The lowest BCUT2D eigenvalue weighted by molar-refractivity contribution is -0.374. The van der Waals surface area contributed by atoms with Crippen molar-refractivity contribution in [1.29, 1.82) is 5.26 Å². The highest BCUT2D eigenvalue weighted by atomic mass is 16.5. The van der Waals surface area contributed by atoms with Crippen molar-refractivity contribution in [2.45, 2.75) is 32.3 Å². The van der Waals surface area contributed by atoms with E-state index in [1.54, 1.807) is 7.11 Å². The zero-order valence-electron chi connectivity index (χ0n) is 16.5. The Morgan fingerprint density at radius 1 is 1.10 bits per heavy atom. The molecule has 2 aromatic carbocycles. The average Bonchev–Trinajstić information content (AvgIpc) is 2.77. The van der Waals surface area contributed by atoms with Crippen molar-refractivity contribution in [3.63, 3.8) is 0 Å². The van der Waals surface area contributed by atoms with Gasteiger partial charge in [0.1, 0.15) is 35.4 Å². The van der Waals surface area contributed by atoms with Crippen LogP contribution in [0.5, 0.6) is 11.5 Å². The summed E-state index contributed by atoms with van der Waals surface area (Å²) in [5.41, 5.74) is 11.9. The van der Waals surface area contributed by atoms with Gasteiger partial charge in [-0.3, -0.25) is 5.73 Å². The number of para-hydroxylation sites is 1. The number of nitriles is 1. The first-order valence-corrected chi connectivity index (χ1v) is 9.83. The summed E-state index contributed by atoms with van der Waals surface area (Å²) in [5, 5.41) is 9.78. The molecule has 0 unspecified atom stereocenters. The molecule has 0 aliphatic heterocycles. The number of methoxy groups -OCH3 is 1. The summed E-state index contributed by atoms with van der Waals surface area (Å²) in [7, 11) is 1.65. The van der Waals surface area contributed by atoms with Crippen molar-refractivity contribution >= 4 is 5.82 Å². The Labute approximate surface area is 170 Å². The number of nitrogens with zero attached hydrogens (tertiary/aromatic N) is 1. The third-order valence-corrected chi connectivity index (χ3v) is 5.39. The van der Waals surface area contributed by atoms with Gasteiger partial charge in [-0.25, -0.2) is 4.98 Å². The SMILES string of the molecule is COc1ccc(-c2c(C#N)c(N)[nH+]c3c2CCCC3)cc1COc1ccccc1. The highest BCUT2D eigenvalue weighted by molar-refractivity contribution is 5.78. The fourth-order valence-electron chi connectivity index (χ4n) is 3.99. The first-order chi connectivity index (χ1) is 14.2. The van der Waals surface area contributed by atoms with E-state index in [0.29, 0.717) is 18.0 Å². The molecular formula is C24H24N3O2+. The molecule has 1 aliphatic carbocycles. The highest BCUT2D eigenvalue weighted by Gasteiger charge is 2.25. The minimum absolute atomic E-state index is 0.375. The number of aromatic amines is 1. The maximum absolute atomic E-state index is 9.78. The van der Waals surface area contributed by atoms with Crippen LogP contribution in [0.1, 0.15) is 35.2 Å². The van der Waals surface area contributed by atoms with Crippen LogP contribution in [0.4, 0.5) is 5.82 Å². The molecule has 0 fully saturated rings. The van der Waals surface area contributed by atoms with E-state index >= 15 is 0 Å². The largest absolute Gasteiger partial charge is 0.496 e. The average molecular weight is 386 g/mol. The van der Waals surface area contributed by atoms with Gasteiger partial charge < -0.3 is 9.47 Å². The maximum atomic E-state index is 9.78. The molecule has 5 heteroatoms. The van der Waals surface area contributed by atoms with Crippen LogP contribution in [0.15, 0.2) is 48.5 Å². The third kappa shape index (κ3) is 3.74. The van der Waals surface area contributed by atoms with Crippen LogP contribution < -0.4 is 20.2 Å². The normalized spacial score (nSPS) is 12.7. The monoisotopic (exact) mass is 386 g/mol. The van der Waals surface area contributed by atoms with Crippen LogP contribution in [-0.2, 0) is 19.4 Å². The lowest BCUT2D eigenvalue weighted by Gasteiger charge is -2.19. The fourth-order valence-corrected chi connectivity index (χ4v) is 3.99. The lowest BCUT2D eigenvalue weighted by atomic mass is 9.86. The van der Waals surface area contributed by atoms with Gasteiger partial charge in [-0.05, 0) is 49.1 Å². The number of H-pyrrole nitrogens is 1. The molecular weight excluding hydrogens is 362 g/mol. The second-order valence-corrected chi connectivity index (χ2v) is 7.19. The van der Waals surface area contributed by atoms with Crippen molar-refractivity contribution in [2.75, 3.05) is 12.8 Å². The molecule has 4 rings (SSSR count). The summed E-state index contributed by atoms with van der Waals surface area (Å²) in [5.74, 6) is 1.99. The van der Waals surface area contributed by atoms with E-state index in [4.69, 9.17) is 15.2 Å². The van der Waals surface area contributed by atoms with Crippen molar-refractivity contribution in [3.8, 4) is 28.7 Å². The molecule has 3 aromatic rings. The number of hydrogen-bond donors (Lipinski definition) is 1. The third-order valence-electron chi connectivity index (χ3n) is 5.39. The van der Waals surface area contributed by atoms with Gasteiger partial charge in [0.2, 0.25) is 0 Å². The molecule has 146 valence electrons. The summed E-state index contributed by atoms with van der Waals surface area (Å²) in [6.07, 6.45) is 4.15. The number of fused-ring (bicyclic) bond motifs is 1. The van der Waals surface area contributed by atoms with Gasteiger partial charge in [-0.15, -0.1) is 0 Å². The Morgan fingerprint density at radius 3 is 2.66 bits per heavy atom. The molecule has 0 bridgehead atoms. The Bertz CT molecular complexity index is 1070. The summed E-state index contributed by atoms with van der Waals surface area (Å²) in [6.45, 7) is 0.375. The van der Waals surface area contributed by atoms with Crippen LogP contribution in [0, 0.1) is 11.3 Å². The number of nitrogens with one attached hydrogen (secondary N) is 1. The molecule has 0 amide bonds. The summed E-state index contributed by atoms with van der Waals surface area (Å²) >= 11 is 0. The lowest BCUT2D eigenvalue weighted by Crippen LogP contribution is -2.24. The van der Waals surface area contributed by atoms with Crippen LogP contribution in [0.3, 0.4) is 0 Å². The number of hydrogen-bond acceptors (Lipinski definition) is 4. The van der Waals surface area contributed by atoms with E-state index in [1.807, 2.05) is 48.5 Å². The number of anilines is 1. The minimum atomic E-state index is 0.375. The molecule has 29 heavy (non-hydrogen) atoms. The molecule has 1 heterocycles. The van der Waals surface area contributed by atoms with Crippen LogP contribution >= 0.6 is 0 Å². The number of benzene rings is 2. The number of rotatable bonds is 5. The minimum Gasteiger partial charge on any atom is -0.496 e. The van der Waals surface area contributed by atoms with Gasteiger partial charge in [0.25, 0.3) is 5.82 Å². The van der Waals surface area contributed by atoms with Gasteiger partial charge >= 0.3 is 0 Å². The Hall–Kier alpha value is -3.52. The standard InChI is InChI=1S/C24H23N3O2/c1-28-22-12-11-16(13-17(22)15-29-18-7-3-2-4-8-18)23-19-9-5-6-10-21(19)27-24(26)20(23)14-25/h2-4,7-8,11-13H,5-6,9-10,15H2,1H3,(H2,26,27)/p+1. The Kier molecular flexibility index (Phi) is 5.35. The first kappa shape index (κ1) is 18.8. The predicted octanol–water partition coefficient (Wildman–Crippen LogP) is 4.09. The van der Waals surface area contributed by atoms with Gasteiger partial charge in [0, 0.05) is 23.1 Å². The van der Waals surface area contributed by atoms with Crippen LogP contribution in [0.2, 0.25) is 0 Å². The number of aryl methyl sites for hydroxylation is 1. The quantitative estimate of drug-likeness (QED) is 0.716. The van der Waals surface area contributed by atoms with Gasteiger partial charge in [-0.1, -0.05) is 24.3 Å². The molecule has 0 spiro atoms. The Morgan fingerprint density at radius 2 is 1.90 bits per heavy atom. The fraction of sp³-hybridized carbons (Fsp3) is 0.250. The molecule has 1 aromatic heterocycles. The van der Waals surface area contributed by atoms with Crippen LogP contribution in [-0.4, -0.2) is 7.11 Å². The Balaban J connectivity index is 1.78. The number of nitrogen functional groups attached to an aromatic ring is 1. The molecule has 0 saturated carbocycles. The van der Waals surface area contributed by atoms with E-state index in [2.05, 4.69) is 11.1 Å². The molecule has 5 nitrogen and oxygen atoms in total. The van der Waals surface area contributed by atoms with E-state index in [0.717, 1.165) is 59.6 Å². The van der Waals surface area contributed by atoms with E-state index < -0.39 is 0 Å². The van der Waals surface area contributed by atoms with Crippen molar-refractivity contribution in [1.82, 2.24) is 0 Å². The van der Waals surface area contributed by atoms with E-state index in [-0.39, 0.29) is 0 Å². The molecule has 0 radical (unpaired) electrons. The van der Waals surface area contributed by atoms with Crippen molar-refractivity contribution in [3.05, 3.63) is 70.9 Å². The van der Waals surface area contributed by atoms with Crippen molar-refractivity contribution in [2.24, 2.45) is 0 Å². The van der Waals surface area contributed by atoms with Gasteiger partial charge in [0.05, 0.1) is 7.11 Å². The smallest absolute Gasteiger partial charge is 0.289 e. The highest BCUT2D eigenvalue weighted by Crippen LogP contribution is 2.36. The molecule has 0 atom stereocenters. The topological polar surface area (TPSA) is 82.4 Å². The first-order valence-electron chi connectivity index (χ1n) is 9.83. The van der Waals surface area contributed by atoms with E-state index in [1.165, 1.54) is 5.56 Å². The second-order valence-electron chi connectivity index (χ2n) is 7.19. The molecule has 3 N–H and O–H groups in total. The zero-order chi connectivity index (χ0) is 20.2. The summed E-state index contributed by atoms with van der Waals surface area (Å²) < 4.78 is 11.5. The van der Waals surface area contributed by atoms with Gasteiger partial charge in [-0.2, -0.15) is 5.26 Å². The number of nitrogens with two attached hydrogens (primary N) is 1. The summed E-state index contributed by atoms with van der Waals surface area (Å²) in [6, 6.07) is 18.0. The maximum Gasteiger partial charge on any atom is 0.289 e. The molecule has 0 saturated heterocycles. The number of aromatic nitrogens is 1. The number of pyridine rings is 1. The second kappa shape index (κ2) is 8.24.